The van der Waals surface area contributed by atoms with Gasteiger partial charge in [-0.3, -0.25) is 4.99 Å². The molecule has 0 aromatic carbocycles. The van der Waals surface area contributed by atoms with Crippen LogP contribution in [0.25, 0.3) is 0 Å². The topological polar surface area (TPSA) is 27.6 Å². The van der Waals surface area contributed by atoms with E-state index in [9.17, 15) is 4.39 Å². The molecule has 0 amide bonds. The maximum atomic E-state index is 13.5. The molecule has 2 unspecified atom stereocenters. The maximum Gasteiger partial charge on any atom is 0.127 e. The van der Waals surface area contributed by atoms with Crippen LogP contribution >= 0.6 is 0 Å². The molecule has 0 bridgehead atoms. The first-order valence-electron chi connectivity index (χ1n) is 6.71. The highest BCUT2D eigenvalue weighted by Crippen LogP contribution is 2.30. The van der Waals surface area contributed by atoms with Crippen LogP contribution in [0.5, 0.6) is 0 Å². The first-order chi connectivity index (χ1) is 8.69. The molecule has 1 N–H and O–H groups in total. The molecule has 2 atom stereocenters. The summed E-state index contributed by atoms with van der Waals surface area (Å²) in [4.78, 5) is 6.76. The molecule has 2 rings (SSSR count). The Hall–Kier alpha value is -1.16. The zero-order valence-electron chi connectivity index (χ0n) is 11.0. The summed E-state index contributed by atoms with van der Waals surface area (Å²) in [7, 11) is 0. The molecular weight excluding hydrogens is 229 g/mol. The Morgan fingerprint density at radius 3 is 2.72 bits per heavy atom. The van der Waals surface area contributed by atoms with Crippen LogP contribution < -0.4 is 5.32 Å². The van der Waals surface area contributed by atoms with Gasteiger partial charge in [0, 0.05) is 12.5 Å². The third-order valence-corrected chi connectivity index (χ3v) is 3.81. The zero-order valence-corrected chi connectivity index (χ0v) is 11.0. The number of nitrogens with zero attached hydrogens (tertiary/aromatic N) is 2. The Morgan fingerprint density at radius 2 is 2.22 bits per heavy atom. The molecule has 0 spiro atoms. The lowest BCUT2D eigenvalue weighted by Crippen LogP contribution is -2.49. The van der Waals surface area contributed by atoms with Crippen molar-refractivity contribution in [2.24, 2.45) is 4.99 Å². The summed E-state index contributed by atoms with van der Waals surface area (Å²) < 4.78 is 13.5. The number of halogens is 1. The fraction of sp³-hybridized carbons (Fsp3) is 0.643. The van der Waals surface area contributed by atoms with Gasteiger partial charge in [0.1, 0.15) is 17.7 Å². The first-order valence-corrected chi connectivity index (χ1v) is 6.71. The van der Waals surface area contributed by atoms with E-state index in [2.05, 4.69) is 35.3 Å². The molecule has 1 fully saturated rings. The minimum atomic E-state index is -0.465. The molecule has 2 aliphatic rings. The van der Waals surface area contributed by atoms with Crippen molar-refractivity contribution < 1.29 is 4.39 Å². The van der Waals surface area contributed by atoms with E-state index < -0.39 is 6.04 Å². The van der Waals surface area contributed by atoms with E-state index in [1.165, 1.54) is 0 Å². The summed E-state index contributed by atoms with van der Waals surface area (Å²) in [5, 5.41) is 3.35. The Kier molecular flexibility index (Phi) is 4.17. The van der Waals surface area contributed by atoms with Gasteiger partial charge >= 0.3 is 0 Å². The molecule has 0 radical (unpaired) electrons. The molecule has 0 aromatic rings. The highest BCUT2D eigenvalue weighted by molar-refractivity contribution is 5.85. The molecule has 3 nitrogen and oxygen atoms in total. The second-order valence-corrected chi connectivity index (χ2v) is 4.91. The van der Waals surface area contributed by atoms with Gasteiger partial charge in [0.25, 0.3) is 0 Å². The molecule has 100 valence electrons. The normalized spacial score (nSPS) is 29.2. The molecular formula is C14H22FN3. The number of nitrogens with one attached hydrogen (secondary N) is 1. The number of piperidine rings is 1. The third-order valence-electron chi connectivity index (χ3n) is 3.81. The van der Waals surface area contributed by atoms with Crippen LogP contribution in [0.4, 0.5) is 4.39 Å². The number of hydrogen-bond acceptors (Lipinski definition) is 3. The van der Waals surface area contributed by atoms with Crippen LogP contribution in [-0.4, -0.2) is 42.0 Å². The molecule has 0 aromatic heterocycles. The van der Waals surface area contributed by atoms with Gasteiger partial charge in [0.05, 0.1) is 6.04 Å². The summed E-state index contributed by atoms with van der Waals surface area (Å²) in [6.45, 7) is 11.4. The SMILES string of the molecule is C=CC1C(C(=C)F)N=C(CC)N1C1CCNCC1. The van der Waals surface area contributed by atoms with Crippen LogP contribution in [0.3, 0.4) is 0 Å². The van der Waals surface area contributed by atoms with Crippen LogP contribution in [0.2, 0.25) is 0 Å². The van der Waals surface area contributed by atoms with E-state index >= 15 is 0 Å². The van der Waals surface area contributed by atoms with Crippen molar-refractivity contribution in [3.63, 3.8) is 0 Å². The van der Waals surface area contributed by atoms with Gasteiger partial charge in [0.15, 0.2) is 0 Å². The standard InChI is InChI=1S/C14H22FN3/c1-4-12-14(10(3)15)17-13(5-2)18(12)11-6-8-16-9-7-11/h4,11-12,14,16H,1,3,5-9H2,2H3. The summed E-state index contributed by atoms with van der Waals surface area (Å²) in [5.74, 6) is 0.637. The van der Waals surface area contributed by atoms with E-state index in [0.29, 0.717) is 6.04 Å². The van der Waals surface area contributed by atoms with Crippen molar-refractivity contribution in [3.05, 3.63) is 25.1 Å². The first kappa shape index (κ1) is 13.3. The Labute approximate surface area is 108 Å². The van der Waals surface area contributed by atoms with Gasteiger partial charge in [-0.15, -0.1) is 6.58 Å². The highest BCUT2D eigenvalue weighted by Gasteiger charge is 2.39. The number of hydrogen-bond donors (Lipinski definition) is 1. The van der Waals surface area contributed by atoms with Crippen LogP contribution in [0.15, 0.2) is 30.1 Å². The van der Waals surface area contributed by atoms with Crippen LogP contribution in [0, 0.1) is 0 Å². The summed E-state index contributed by atoms with van der Waals surface area (Å²) in [5.41, 5.74) is 0. The second-order valence-electron chi connectivity index (χ2n) is 4.91. The average Bonchev–Trinajstić information content (AvgIpc) is 2.78. The lowest BCUT2D eigenvalue weighted by molar-refractivity contribution is 0.221. The molecule has 0 aliphatic carbocycles. The highest BCUT2D eigenvalue weighted by atomic mass is 19.1. The Morgan fingerprint density at radius 1 is 1.56 bits per heavy atom. The van der Waals surface area contributed by atoms with Crippen molar-refractivity contribution in [1.82, 2.24) is 10.2 Å². The van der Waals surface area contributed by atoms with Crippen molar-refractivity contribution >= 4 is 5.84 Å². The summed E-state index contributed by atoms with van der Waals surface area (Å²) >= 11 is 0. The van der Waals surface area contributed by atoms with E-state index in [-0.39, 0.29) is 11.9 Å². The lowest BCUT2D eigenvalue weighted by atomic mass is 10.00. The number of rotatable bonds is 4. The minimum absolute atomic E-state index is 0.0689. The minimum Gasteiger partial charge on any atom is -0.348 e. The Bertz CT molecular complexity index is 358. The molecule has 4 heteroatoms. The largest absolute Gasteiger partial charge is 0.348 e. The van der Waals surface area contributed by atoms with E-state index in [1.807, 2.05) is 6.08 Å². The number of aliphatic imine (C=N–C) groups is 1. The van der Waals surface area contributed by atoms with Gasteiger partial charge < -0.3 is 10.2 Å². The second kappa shape index (κ2) is 5.65. The monoisotopic (exact) mass is 251 g/mol. The van der Waals surface area contributed by atoms with Crippen molar-refractivity contribution in [3.8, 4) is 0 Å². The molecule has 2 heterocycles. The van der Waals surface area contributed by atoms with Gasteiger partial charge in [-0.25, -0.2) is 4.39 Å². The quantitative estimate of drug-likeness (QED) is 0.776. The average molecular weight is 251 g/mol. The van der Waals surface area contributed by atoms with Crippen LogP contribution in [-0.2, 0) is 0 Å². The fourth-order valence-electron chi connectivity index (χ4n) is 2.94. The van der Waals surface area contributed by atoms with Gasteiger partial charge in [-0.1, -0.05) is 19.6 Å². The smallest absolute Gasteiger partial charge is 0.127 e. The summed E-state index contributed by atoms with van der Waals surface area (Å²) in [6.07, 6.45) is 4.80. The molecule has 18 heavy (non-hydrogen) atoms. The Balaban J connectivity index is 2.22. The third kappa shape index (κ3) is 2.34. The molecule has 2 aliphatic heterocycles. The van der Waals surface area contributed by atoms with Crippen molar-refractivity contribution in [1.29, 1.82) is 0 Å². The molecule has 0 saturated carbocycles. The number of amidine groups is 1. The van der Waals surface area contributed by atoms with Crippen LogP contribution in [0.1, 0.15) is 26.2 Å². The lowest BCUT2D eigenvalue weighted by Gasteiger charge is -2.38. The predicted molar refractivity (Wildman–Crippen MR) is 73.5 cm³/mol. The van der Waals surface area contributed by atoms with E-state index in [0.717, 1.165) is 38.2 Å². The van der Waals surface area contributed by atoms with E-state index in [1.54, 1.807) is 0 Å². The van der Waals surface area contributed by atoms with Crippen molar-refractivity contribution in [2.75, 3.05) is 13.1 Å². The zero-order chi connectivity index (χ0) is 13.1. The predicted octanol–water partition coefficient (Wildman–Crippen LogP) is 2.27. The molecule has 1 saturated heterocycles. The fourth-order valence-corrected chi connectivity index (χ4v) is 2.94. The maximum absolute atomic E-state index is 13.5. The van der Waals surface area contributed by atoms with Crippen molar-refractivity contribution in [2.45, 2.75) is 44.3 Å². The summed E-state index contributed by atoms with van der Waals surface area (Å²) in [6, 6.07) is -0.0924. The van der Waals surface area contributed by atoms with Gasteiger partial charge in [-0.05, 0) is 25.9 Å². The van der Waals surface area contributed by atoms with Gasteiger partial charge in [-0.2, -0.15) is 0 Å². The van der Waals surface area contributed by atoms with Gasteiger partial charge in [0.2, 0.25) is 0 Å². The van der Waals surface area contributed by atoms with E-state index in [4.69, 9.17) is 0 Å².